The lowest BCUT2D eigenvalue weighted by Gasteiger charge is -2.17. The molecule has 1 aliphatic heterocycles. The van der Waals surface area contributed by atoms with Crippen molar-refractivity contribution in [2.24, 2.45) is 0 Å². The lowest BCUT2D eigenvalue weighted by atomic mass is 10.3. The summed E-state index contributed by atoms with van der Waals surface area (Å²) in [5, 5.41) is 4.05. The third-order valence-electron chi connectivity index (χ3n) is 3.53. The van der Waals surface area contributed by atoms with E-state index in [1.807, 2.05) is 30.0 Å². The number of amides is 1. The fourth-order valence-electron chi connectivity index (χ4n) is 2.38. The summed E-state index contributed by atoms with van der Waals surface area (Å²) in [5.74, 6) is 0.689. The molecule has 0 aliphatic carbocycles. The first-order valence-corrected chi connectivity index (χ1v) is 7.05. The topological polar surface area (TPSA) is 60.2 Å². The van der Waals surface area contributed by atoms with Crippen LogP contribution in [0.4, 0.5) is 0 Å². The molecule has 3 heterocycles. The predicted octanol–water partition coefficient (Wildman–Crippen LogP) is 1.27. The zero-order valence-electron chi connectivity index (χ0n) is 12.0. The number of carbonyl (C=O) groups is 1. The van der Waals surface area contributed by atoms with Crippen molar-refractivity contribution in [3.05, 3.63) is 42.4 Å². The number of likely N-dealkylation sites (tertiary alicyclic amines) is 1. The smallest absolute Gasteiger partial charge is 0.244 e. The van der Waals surface area contributed by atoms with E-state index in [4.69, 9.17) is 4.74 Å². The van der Waals surface area contributed by atoms with Crippen molar-refractivity contribution in [1.29, 1.82) is 0 Å². The minimum Gasteiger partial charge on any atom is -0.472 e. The molecule has 1 aliphatic rings. The predicted molar refractivity (Wildman–Crippen MR) is 76.8 cm³/mol. The SMILES string of the molecule is Cc1ccc(O[C@@H]2CCN(C(=O)Cn3cccn3)C2)nc1. The molecule has 0 unspecified atom stereocenters. The summed E-state index contributed by atoms with van der Waals surface area (Å²) in [6.07, 6.45) is 6.09. The van der Waals surface area contributed by atoms with Gasteiger partial charge in [0.1, 0.15) is 12.6 Å². The zero-order chi connectivity index (χ0) is 14.7. The first-order valence-electron chi connectivity index (χ1n) is 7.05. The Kier molecular flexibility index (Phi) is 3.85. The van der Waals surface area contributed by atoms with Crippen molar-refractivity contribution >= 4 is 5.91 Å². The van der Waals surface area contributed by atoms with Crippen LogP contribution < -0.4 is 4.74 Å². The van der Waals surface area contributed by atoms with Crippen LogP contribution in [-0.2, 0) is 11.3 Å². The maximum atomic E-state index is 12.1. The molecule has 0 N–H and O–H groups in total. The highest BCUT2D eigenvalue weighted by Gasteiger charge is 2.27. The summed E-state index contributed by atoms with van der Waals surface area (Å²) in [6, 6.07) is 5.65. The highest BCUT2D eigenvalue weighted by atomic mass is 16.5. The number of aromatic nitrogens is 3. The molecular weight excluding hydrogens is 268 g/mol. The van der Waals surface area contributed by atoms with Gasteiger partial charge in [-0.1, -0.05) is 6.07 Å². The van der Waals surface area contributed by atoms with Gasteiger partial charge in [0.2, 0.25) is 11.8 Å². The van der Waals surface area contributed by atoms with E-state index in [1.165, 1.54) is 0 Å². The molecule has 1 fully saturated rings. The normalized spacial score (nSPS) is 18.0. The summed E-state index contributed by atoms with van der Waals surface area (Å²) in [6.45, 7) is 3.59. The van der Waals surface area contributed by atoms with Crippen LogP contribution in [0.1, 0.15) is 12.0 Å². The molecule has 0 spiro atoms. The summed E-state index contributed by atoms with van der Waals surface area (Å²) in [5.41, 5.74) is 1.10. The average molecular weight is 286 g/mol. The van der Waals surface area contributed by atoms with Gasteiger partial charge in [0.25, 0.3) is 0 Å². The second-order valence-corrected chi connectivity index (χ2v) is 5.25. The van der Waals surface area contributed by atoms with Crippen LogP contribution >= 0.6 is 0 Å². The van der Waals surface area contributed by atoms with Gasteiger partial charge in [0.15, 0.2) is 0 Å². The van der Waals surface area contributed by atoms with Gasteiger partial charge in [-0.3, -0.25) is 9.48 Å². The third-order valence-corrected chi connectivity index (χ3v) is 3.53. The fraction of sp³-hybridized carbons (Fsp3) is 0.400. The number of hydrogen-bond acceptors (Lipinski definition) is 4. The van der Waals surface area contributed by atoms with Crippen molar-refractivity contribution < 1.29 is 9.53 Å². The maximum Gasteiger partial charge on any atom is 0.244 e. The molecule has 2 aromatic rings. The van der Waals surface area contributed by atoms with Crippen LogP contribution in [0.3, 0.4) is 0 Å². The Balaban J connectivity index is 1.53. The molecule has 0 bridgehead atoms. The highest BCUT2D eigenvalue weighted by Crippen LogP contribution is 2.17. The van der Waals surface area contributed by atoms with E-state index in [-0.39, 0.29) is 18.6 Å². The molecular formula is C15H18N4O2. The van der Waals surface area contributed by atoms with Crippen molar-refractivity contribution in [3.8, 4) is 5.88 Å². The van der Waals surface area contributed by atoms with Gasteiger partial charge in [-0.05, 0) is 18.6 Å². The van der Waals surface area contributed by atoms with Gasteiger partial charge in [-0.15, -0.1) is 0 Å². The Morgan fingerprint density at radius 3 is 3.10 bits per heavy atom. The minimum atomic E-state index is 0.0155. The van der Waals surface area contributed by atoms with Crippen LogP contribution in [0.5, 0.6) is 5.88 Å². The second-order valence-electron chi connectivity index (χ2n) is 5.25. The Bertz CT molecular complexity index is 595. The lowest BCUT2D eigenvalue weighted by Crippen LogP contribution is -2.33. The molecule has 0 saturated carbocycles. The van der Waals surface area contributed by atoms with Crippen LogP contribution in [0.15, 0.2) is 36.8 Å². The third kappa shape index (κ3) is 3.39. The molecule has 0 aromatic carbocycles. The number of ether oxygens (including phenoxy) is 1. The number of carbonyl (C=O) groups excluding carboxylic acids is 1. The van der Waals surface area contributed by atoms with E-state index in [0.29, 0.717) is 12.4 Å². The van der Waals surface area contributed by atoms with Crippen LogP contribution in [-0.4, -0.2) is 44.8 Å². The summed E-state index contributed by atoms with van der Waals surface area (Å²) in [4.78, 5) is 18.2. The number of pyridine rings is 1. The van der Waals surface area contributed by atoms with E-state index < -0.39 is 0 Å². The Morgan fingerprint density at radius 1 is 1.48 bits per heavy atom. The minimum absolute atomic E-state index is 0.0155. The quantitative estimate of drug-likeness (QED) is 0.849. The molecule has 21 heavy (non-hydrogen) atoms. The number of hydrogen-bond donors (Lipinski definition) is 0. The van der Waals surface area contributed by atoms with Crippen LogP contribution in [0.25, 0.3) is 0 Å². The highest BCUT2D eigenvalue weighted by molar-refractivity contribution is 5.76. The molecule has 3 rings (SSSR count). The van der Waals surface area contributed by atoms with E-state index in [2.05, 4.69) is 10.1 Å². The molecule has 1 saturated heterocycles. The van der Waals surface area contributed by atoms with E-state index in [1.54, 1.807) is 23.3 Å². The number of rotatable bonds is 4. The lowest BCUT2D eigenvalue weighted by molar-refractivity contribution is -0.131. The van der Waals surface area contributed by atoms with Gasteiger partial charge in [0.05, 0.1) is 6.54 Å². The average Bonchev–Trinajstić information content (AvgIpc) is 3.13. The van der Waals surface area contributed by atoms with E-state index in [9.17, 15) is 4.79 Å². The fourth-order valence-corrected chi connectivity index (χ4v) is 2.38. The maximum absolute atomic E-state index is 12.1. The van der Waals surface area contributed by atoms with Gasteiger partial charge in [0, 0.05) is 37.6 Å². The van der Waals surface area contributed by atoms with E-state index >= 15 is 0 Å². The second kappa shape index (κ2) is 5.95. The molecule has 2 aromatic heterocycles. The van der Waals surface area contributed by atoms with E-state index in [0.717, 1.165) is 18.5 Å². The zero-order valence-corrected chi connectivity index (χ0v) is 12.0. The van der Waals surface area contributed by atoms with Crippen molar-refractivity contribution in [2.75, 3.05) is 13.1 Å². The van der Waals surface area contributed by atoms with Gasteiger partial charge >= 0.3 is 0 Å². The molecule has 6 nitrogen and oxygen atoms in total. The molecule has 1 atom stereocenters. The van der Waals surface area contributed by atoms with Crippen LogP contribution in [0.2, 0.25) is 0 Å². The molecule has 6 heteroatoms. The summed E-state index contributed by atoms with van der Waals surface area (Å²) < 4.78 is 7.46. The molecule has 1 amide bonds. The number of aryl methyl sites for hydroxylation is 1. The standard InChI is InChI=1S/C15H18N4O2/c1-12-3-4-14(16-9-12)21-13-5-8-18(10-13)15(20)11-19-7-2-6-17-19/h2-4,6-7,9,13H,5,8,10-11H2,1H3/t13-/m1/s1. The van der Waals surface area contributed by atoms with Crippen LogP contribution in [0, 0.1) is 6.92 Å². The Morgan fingerprint density at radius 2 is 2.38 bits per heavy atom. The van der Waals surface area contributed by atoms with Crippen molar-refractivity contribution in [3.63, 3.8) is 0 Å². The molecule has 110 valence electrons. The molecule has 0 radical (unpaired) electrons. The number of nitrogens with zero attached hydrogens (tertiary/aromatic N) is 4. The monoisotopic (exact) mass is 286 g/mol. The van der Waals surface area contributed by atoms with Gasteiger partial charge in [-0.2, -0.15) is 5.10 Å². The first-order chi connectivity index (χ1) is 10.2. The van der Waals surface area contributed by atoms with Crippen molar-refractivity contribution in [1.82, 2.24) is 19.7 Å². The van der Waals surface area contributed by atoms with Crippen molar-refractivity contribution in [2.45, 2.75) is 26.0 Å². The summed E-state index contributed by atoms with van der Waals surface area (Å²) >= 11 is 0. The largest absolute Gasteiger partial charge is 0.472 e. The Hall–Kier alpha value is -2.37. The summed E-state index contributed by atoms with van der Waals surface area (Å²) in [7, 11) is 0. The van der Waals surface area contributed by atoms with Gasteiger partial charge < -0.3 is 9.64 Å². The van der Waals surface area contributed by atoms with Gasteiger partial charge in [-0.25, -0.2) is 4.98 Å². The first kappa shape index (κ1) is 13.6. The Labute approximate surface area is 123 Å².